The number of hydrogen-bond donors (Lipinski definition) is 2. The lowest BCUT2D eigenvalue weighted by atomic mass is 10.2. The van der Waals surface area contributed by atoms with E-state index in [1.807, 2.05) is 6.07 Å². The Morgan fingerprint density at radius 3 is 2.89 bits per heavy atom. The van der Waals surface area contributed by atoms with Crippen molar-refractivity contribution in [2.24, 2.45) is 12.8 Å². The van der Waals surface area contributed by atoms with Crippen molar-refractivity contribution >= 4 is 11.6 Å². The van der Waals surface area contributed by atoms with E-state index in [-0.39, 0.29) is 11.3 Å². The van der Waals surface area contributed by atoms with Crippen molar-refractivity contribution in [1.82, 2.24) is 9.78 Å². The van der Waals surface area contributed by atoms with Crippen LogP contribution >= 0.6 is 0 Å². The third-order valence-electron chi connectivity index (χ3n) is 2.63. The third-order valence-corrected chi connectivity index (χ3v) is 2.63. The van der Waals surface area contributed by atoms with Gasteiger partial charge in [-0.2, -0.15) is 5.10 Å². The summed E-state index contributed by atoms with van der Waals surface area (Å²) in [5, 5.41) is 6.91. The number of nitrogens with zero attached hydrogens (tertiary/aromatic N) is 2. The first-order chi connectivity index (χ1) is 8.58. The number of nitrogens with one attached hydrogen (secondary N) is 1. The van der Waals surface area contributed by atoms with E-state index in [2.05, 4.69) is 10.4 Å². The number of nitrogens with two attached hydrogens (primary N) is 1. The van der Waals surface area contributed by atoms with Gasteiger partial charge in [-0.3, -0.25) is 9.48 Å². The lowest BCUT2D eigenvalue weighted by Gasteiger charge is -2.08. The SMILES string of the molecule is Cn1nccc1CNc1cc(C(N)=O)ccc1F. The Morgan fingerprint density at radius 2 is 2.28 bits per heavy atom. The van der Waals surface area contributed by atoms with E-state index in [1.54, 1.807) is 17.9 Å². The van der Waals surface area contributed by atoms with Gasteiger partial charge in [-0.25, -0.2) is 4.39 Å². The van der Waals surface area contributed by atoms with Crippen LogP contribution in [0.15, 0.2) is 30.5 Å². The molecule has 18 heavy (non-hydrogen) atoms. The van der Waals surface area contributed by atoms with Crippen LogP contribution in [0.25, 0.3) is 0 Å². The summed E-state index contributed by atoms with van der Waals surface area (Å²) >= 11 is 0. The Balaban J connectivity index is 2.16. The molecule has 1 heterocycles. The van der Waals surface area contributed by atoms with E-state index >= 15 is 0 Å². The number of halogens is 1. The Hall–Kier alpha value is -2.37. The van der Waals surface area contributed by atoms with Crippen LogP contribution in [0.4, 0.5) is 10.1 Å². The molecule has 0 aliphatic heterocycles. The van der Waals surface area contributed by atoms with Gasteiger partial charge in [0.1, 0.15) is 5.82 Å². The molecule has 0 spiro atoms. The van der Waals surface area contributed by atoms with Gasteiger partial charge in [0.05, 0.1) is 17.9 Å². The molecule has 2 rings (SSSR count). The first-order valence-electron chi connectivity index (χ1n) is 5.38. The standard InChI is InChI=1S/C12H13FN4O/c1-17-9(4-5-16-17)7-15-11-6-8(12(14)18)2-3-10(11)13/h2-6,15H,7H2,1H3,(H2,14,18). The lowest BCUT2D eigenvalue weighted by Crippen LogP contribution is -2.12. The molecule has 1 aromatic carbocycles. The largest absolute Gasteiger partial charge is 0.377 e. The highest BCUT2D eigenvalue weighted by Gasteiger charge is 2.07. The predicted molar refractivity (Wildman–Crippen MR) is 65.5 cm³/mol. The Kier molecular flexibility index (Phi) is 3.27. The predicted octanol–water partition coefficient (Wildman–Crippen LogP) is 1.27. The average molecular weight is 248 g/mol. The van der Waals surface area contributed by atoms with Crippen molar-refractivity contribution in [3.8, 4) is 0 Å². The second-order valence-electron chi connectivity index (χ2n) is 3.86. The maximum atomic E-state index is 13.5. The average Bonchev–Trinajstić information content (AvgIpc) is 2.73. The van der Waals surface area contributed by atoms with Crippen molar-refractivity contribution in [1.29, 1.82) is 0 Å². The van der Waals surface area contributed by atoms with Crippen LogP contribution in [-0.4, -0.2) is 15.7 Å². The summed E-state index contributed by atoms with van der Waals surface area (Å²) < 4.78 is 15.2. The zero-order chi connectivity index (χ0) is 13.1. The van der Waals surface area contributed by atoms with E-state index < -0.39 is 11.7 Å². The molecule has 1 aromatic heterocycles. The summed E-state index contributed by atoms with van der Waals surface area (Å²) in [6.45, 7) is 0.412. The van der Waals surface area contributed by atoms with Crippen LogP contribution in [0, 0.1) is 5.82 Å². The highest BCUT2D eigenvalue weighted by molar-refractivity contribution is 5.93. The minimum absolute atomic E-state index is 0.243. The molecule has 2 aromatic rings. The highest BCUT2D eigenvalue weighted by atomic mass is 19.1. The normalized spacial score (nSPS) is 10.3. The van der Waals surface area contributed by atoms with Gasteiger partial charge in [0.2, 0.25) is 5.91 Å². The quantitative estimate of drug-likeness (QED) is 0.855. The minimum Gasteiger partial charge on any atom is -0.377 e. The van der Waals surface area contributed by atoms with E-state index in [0.717, 1.165) is 5.69 Å². The number of amides is 1. The molecule has 0 atom stereocenters. The molecule has 0 aliphatic rings. The fourth-order valence-corrected chi connectivity index (χ4v) is 1.57. The smallest absolute Gasteiger partial charge is 0.248 e. The second-order valence-corrected chi connectivity index (χ2v) is 3.86. The van der Waals surface area contributed by atoms with E-state index in [0.29, 0.717) is 6.54 Å². The Bertz CT molecular complexity index is 579. The number of aromatic nitrogens is 2. The second kappa shape index (κ2) is 4.87. The summed E-state index contributed by atoms with van der Waals surface area (Å²) in [6, 6.07) is 5.79. The van der Waals surface area contributed by atoms with Gasteiger partial charge in [-0.1, -0.05) is 0 Å². The molecule has 6 heteroatoms. The third kappa shape index (κ3) is 2.48. The molecule has 0 saturated heterocycles. The number of carbonyl (C=O) groups is 1. The van der Waals surface area contributed by atoms with Crippen LogP contribution < -0.4 is 11.1 Å². The lowest BCUT2D eigenvalue weighted by molar-refractivity contribution is 0.100. The van der Waals surface area contributed by atoms with Crippen LogP contribution in [0.5, 0.6) is 0 Å². The maximum absolute atomic E-state index is 13.5. The monoisotopic (exact) mass is 248 g/mol. The molecule has 0 saturated carbocycles. The van der Waals surface area contributed by atoms with Gasteiger partial charge < -0.3 is 11.1 Å². The van der Waals surface area contributed by atoms with Crippen LogP contribution in [0.2, 0.25) is 0 Å². The molecule has 0 radical (unpaired) electrons. The number of carbonyl (C=O) groups excluding carboxylic acids is 1. The topological polar surface area (TPSA) is 72.9 Å². The summed E-state index contributed by atoms with van der Waals surface area (Å²) in [6.07, 6.45) is 1.66. The van der Waals surface area contributed by atoms with Crippen LogP contribution in [0.1, 0.15) is 16.1 Å². The number of anilines is 1. The molecule has 5 nitrogen and oxygen atoms in total. The summed E-state index contributed by atoms with van der Waals surface area (Å²) in [5.41, 5.74) is 6.56. The molecule has 3 N–H and O–H groups in total. The molecule has 1 amide bonds. The zero-order valence-corrected chi connectivity index (χ0v) is 9.85. The number of hydrogen-bond acceptors (Lipinski definition) is 3. The van der Waals surface area contributed by atoms with Gasteiger partial charge in [0, 0.05) is 18.8 Å². The minimum atomic E-state index is -0.585. The molecular weight excluding hydrogens is 235 g/mol. The van der Waals surface area contributed by atoms with Gasteiger partial charge in [0.25, 0.3) is 0 Å². The molecular formula is C12H13FN4O. The van der Waals surface area contributed by atoms with Crippen molar-refractivity contribution in [2.75, 3.05) is 5.32 Å². The summed E-state index contributed by atoms with van der Waals surface area (Å²) in [4.78, 5) is 11.0. The number of aryl methyl sites for hydroxylation is 1. The van der Waals surface area contributed by atoms with Crippen molar-refractivity contribution < 1.29 is 9.18 Å². The van der Waals surface area contributed by atoms with Crippen LogP contribution in [0.3, 0.4) is 0 Å². The van der Waals surface area contributed by atoms with Gasteiger partial charge in [0.15, 0.2) is 0 Å². The van der Waals surface area contributed by atoms with Gasteiger partial charge in [-0.05, 0) is 24.3 Å². The molecule has 0 bridgehead atoms. The fraction of sp³-hybridized carbons (Fsp3) is 0.167. The zero-order valence-electron chi connectivity index (χ0n) is 9.85. The van der Waals surface area contributed by atoms with Crippen molar-refractivity contribution in [3.05, 3.63) is 47.5 Å². The summed E-state index contributed by atoms with van der Waals surface area (Å²) in [7, 11) is 1.80. The molecule has 94 valence electrons. The van der Waals surface area contributed by atoms with Crippen molar-refractivity contribution in [3.63, 3.8) is 0 Å². The Labute approximate surface area is 103 Å². The fourth-order valence-electron chi connectivity index (χ4n) is 1.57. The van der Waals surface area contributed by atoms with Gasteiger partial charge >= 0.3 is 0 Å². The highest BCUT2D eigenvalue weighted by Crippen LogP contribution is 2.16. The molecule has 0 fully saturated rings. The number of rotatable bonds is 4. The van der Waals surface area contributed by atoms with Crippen LogP contribution in [-0.2, 0) is 13.6 Å². The van der Waals surface area contributed by atoms with E-state index in [9.17, 15) is 9.18 Å². The van der Waals surface area contributed by atoms with E-state index in [4.69, 9.17) is 5.73 Å². The molecule has 0 unspecified atom stereocenters. The van der Waals surface area contributed by atoms with Gasteiger partial charge in [-0.15, -0.1) is 0 Å². The Morgan fingerprint density at radius 1 is 1.50 bits per heavy atom. The summed E-state index contributed by atoms with van der Waals surface area (Å²) in [5.74, 6) is -1.01. The van der Waals surface area contributed by atoms with E-state index in [1.165, 1.54) is 18.2 Å². The first-order valence-corrected chi connectivity index (χ1v) is 5.38. The maximum Gasteiger partial charge on any atom is 0.248 e. The number of primary amides is 1. The first kappa shape index (κ1) is 12.1. The van der Waals surface area contributed by atoms with Crippen molar-refractivity contribution in [2.45, 2.75) is 6.54 Å². The molecule has 0 aliphatic carbocycles. The number of benzene rings is 1.